The summed E-state index contributed by atoms with van der Waals surface area (Å²) in [7, 11) is 0. The Morgan fingerprint density at radius 2 is 2.07 bits per heavy atom. The maximum Gasteiger partial charge on any atom is 0.419 e. The molecule has 0 saturated carbocycles. The van der Waals surface area contributed by atoms with Crippen LogP contribution in [0.25, 0.3) is 16.8 Å². The van der Waals surface area contributed by atoms with Crippen molar-refractivity contribution in [2.45, 2.75) is 19.9 Å². The second-order valence-electron chi connectivity index (χ2n) is 6.30. The van der Waals surface area contributed by atoms with Crippen LogP contribution in [0.15, 0.2) is 64.1 Å². The van der Waals surface area contributed by atoms with E-state index in [2.05, 4.69) is 10.3 Å². The van der Waals surface area contributed by atoms with Gasteiger partial charge in [-0.25, -0.2) is 14.2 Å². The first-order valence-corrected chi connectivity index (χ1v) is 8.71. The van der Waals surface area contributed by atoms with Gasteiger partial charge in [0.05, 0.1) is 11.2 Å². The number of aryl methyl sites for hydroxylation is 2. The van der Waals surface area contributed by atoms with Gasteiger partial charge in [0.15, 0.2) is 5.58 Å². The summed E-state index contributed by atoms with van der Waals surface area (Å²) in [5.74, 6) is -0.660. The lowest BCUT2D eigenvalue weighted by Crippen LogP contribution is -2.20. The summed E-state index contributed by atoms with van der Waals surface area (Å²) in [6, 6.07) is 11.5. The van der Waals surface area contributed by atoms with E-state index in [0.717, 1.165) is 0 Å². The van der Waals surface area contributed by atoms with Crippen LogP contribution in [-0.4, -0.2) is 20.0 Å². The van der Waals surface area contributed by atoms with Crippen LogP contribution in [0, 0.1) is 12.7 Å². The van der Waals surface area contributed by atoms with Gasteiger partial charge >= 0.3 is 5.76 Å². The fourth-order valence-electron chi connectivity index (χ4n) is 3.08. The number of rotatable bonds is 5. The molecule has 0 atom stereocenters. The van der Waals surface area contributed by atoms with E-state index in [1.807, 2.05) is 0 Å². The van der Waals surface area contributed by atoms with Crippen LogP contribution in [0.2, 0.25) is 0 Å². The molecular weight excluding hydrogens is 363 g/mol. The molecule has 2 heterocycles. The third-order valence-electron chi connectivity index (χ3n) is 4.45. The number of para-hydroxylation sites is 2. The third kappa shape index (κ3) is 3.32. The quantitative estimate of drug-likeness (QED) is 0.576. The second-order valence-corrected chi connectivity index (χ2v) is 6.30. The van der Waals surface area contributed by atoms with Gasteiger partial charge in [-0.2, -0.15) is 0 Å². The fraction of sp³-hybridized carbons (Fsp3) is 0.150. The number of carbonyl (C=O) groups is 1. The van der Waals surface area contributed by atoms with Crippen molar-refractivity contribution in [2.75, 3.05) is 5.32 Å². The molecular formula is C20H17FN4O3. The molecule has 0 fully saturated rings. The molecule has 1 N–H and O–H groups in total. The van der Waals surface area contributed by atoms with Crippen molar-refractivity contribution in [2.24, 2.45) is 0 Å². The van der Waals surface area contributed by atoms with Crippen molar-refractivity contribution in [1.82, 2.24) is 14.1 Å². The minimum absolute atomic E-state index is 0.0490. The number of carbonyl (C=O) groups excluding carboxylic acids is 1. The van der Waals surface area contributed by atoms with Crippen LogP contribution < -0.4 is 11.1 Å². The van der Waals surface area contributed by atoms with Gasteiger partial charge in [0.1, 0.15) is 11.6 Å². The summed E-state index contributed by atoms with van der Waals surface area (Å²) < 4.78 is 22.6. The molecule has 142 valence electrons. The molecule has 4 rings (SSSR count). The van der Waals surface area contributed by atoms with E-state index in [9.17, 15) is 14.0 Å². The van der Waals surface area contributed by atoms with Gasteiger partial charge in [-0.15, -0.1) is 0 Å². The van der Waals surface area contributed by atoms with E-state index in [0.29, 0.717) is 28.3 Å². The Morgan fingerprint density at radius 3 is 2.82 bits per heavy atom. The standard InChI is InChI=1S/C20H17FN4O3/c1-13-22-9-11-24(13)16-7-6-14(12-15(16)21)23-19(26)8-10-25-17-4-2-3-5-18(17)28-20(25)27/h2-7,9,11-12H,8,10H2,1H3,(H,23,26). The van der Waals surface area contributed by atoms with E-state index < -0.39 is 11.6 Å². The maximum atomic E-state index is 14.4. The molecule has 4 aromatic rings. The highest BCUT2D eigenvalue weighted by Crippen LogP contribution is 2.20. The van der Waals surface area contributed by atoms with Crippen LogP contribution in [0.4, 0.5) is 10.1 Å². The summed E-state index contributed by atoms with van der Waals surface area (Å²) in [6.07, 6.45) is 3.30. The number of hydrogen-bond acceptors (Lipinski definition) is 4. The van der Waals surface area contributed by atoms with Gasteiger partial charge in [-0.3, -0.25) is 9.36 Å². The molecule has 0 radical (unpaired) electrons. The Hall–Kier alpha value is -3.68. The highest BCUT2D eigenvalue weighted by molar-refractivity contribution is 5.90. The minimum Gasteiger partial charge on any atom is -0.408 e. The van der Waals surface area contributed by atoms with Crippen LogP contribution in [-0.2, 0) is 11.3 Å². The minimum atomic E-state index is -0.514. The van der Waals surface area contributed by atoms with Gasteiger partial charge in [-0.1, -0.05) is 12.1 Å². The van der Waals surface area contributed by atoms with Gasteiger partial charge < -0.3 is 14.3 Å². The third-order valence-corrected chi connectivity index (χ3v) is 4.45. The summed E-state index contributed by atoms with van der Waals surface area (Å²) in [4.78, 5) is 28.3. The summed E-state index contributed by atoms with van der Waals surface area (Å²) in [5.41, 5.74) is 1.80. The number of oxazole rings is 1. The molecule has 2 aromatic carbocycles. The van der Waals surface area contributed by atoms with Crippen molar-refractivity contribution in [3.63, 3.8) is 0 Å². The van der Waals surface area contributed by atoms with Crippen LogP contribution >= 0.6 is 0 Å². The molecule has 0 bridgehead atoms. The zero-order valence-electron chi connectivity index (χ0n) is 15.1. The monoisotopic (exact) mass is 380 g/mol. The highest BCUT2D eigenvalue weighted by atomic mass is 19.1. The number of nitrogens with zero attached hydrogens (tertiary/aromatic N) is 3. The number of anilines is 1. The molecule has 2 aromatic heterocycles. The van der Waals surface area contributed by atoms with Crippen molar-refractivity contribution in [3.8, 4) is 5.69 Å². The Balaban J connectivity index is 1.45. The molecule has 0 saturated heterocycles. The van der Waals surface area contributed by atoms with Crippen LogP contribution in [0.5, 0.6) is 0 Å². The average Bonchev–Trinajstić information content (AvgIpc) is 3.22. The fourth-order valence-corrected chi connectivity index (χ4v) is 3.08. The van der Waals surface area contributed by atoms with Gasteiger partial charge in [0, 0.05) is 31.0 Å². The number of amides is 1. The largest absolute Gasteiger partial charge is 0.419 e. The first kappa shape index (κ1) is 17.7. The highest BCUT2D eigenvalue weighted by Gasteiger charge is 2.12. The second kappa shape index (κ2) is 7.15. The Labute approximate surface area is 159 Å². The number of nitrogens with one attached hydrogen (secondary N) is 1. The average molecular weight is 380 g/mol. The smallest absolute Gasteiger partial charge is 0.408 e. The Morgan fingerprint density at radius 1 is 1.25 bits per heavy atom. The zero-order valence-corrected chi connectivity index (χ0v) is 15.1. The summed E-state index contributed by atoms with van der Waals surface area (Å²) >= 11 is 0. The molecule has 8 heteroatoms. The van der Waals surface area contributed by atoms with Crippen LogP contribution in [0.1, 0.15) is 12.2 Å². The first-order valence-electron chi connectivity index (χ1n) is 8.71. The Bertz CT molecular complexity index is 1220. The lowest BCUT2D eigenvalue weighted by Gasteiger charge is -2.10. The molecule has 0 aliphatic carbocycles. The number of hydrogen-bond donors (Lipinski definition) is 1. The molecule has 7 nitrogen and oxygen atoms in total. The SMILES string of the molecule is Cc1nccn1-c1ccc(NC(=O)CCn2c(=O)oc3ccccc32)cc1F. The van der Waals surface area contributed by atoms with Crippen LogP contribution in [0.3, 0.4) is 0 Å². The summed E-state index contributed by atoms with van der Waals surface area (Å²) in [5, 5.41) is 2.65. The van der Waals surface area contributed by atoms with Crippen molar-refractivity contribution >= 4 is 22.7 Å². The van der Waals surface area contributed by atoms with E-state index in [1.54, 1.807) is 60.3 Å². The van der Waals surface area contributed by atoms with Gasteiger partial charge in [-0.05, 0) is 37.3 Å². The predicted molar refractivity (Wildman–Crippen MR) is 102 cm³/mol. The number of imidazole rings is 1. The molecule has 0 spiro atoms. The number of fused-ring (bicyclic) bond motifs is 1. The molecule has 28 heavy (non-hydrogen) atoms. The van der Waals surface area contributed by atoms with Crippen molar-refractivity contribution in [1.29, 1.82) is 0 Å². The van der Waals surface area contributed by atoms with Crippen molar-refractivity contribution in [3.05, 3.63) is 77.1 Å². The number of halogens is 1. The Kier molecular flexibility index (Phi) is 4.52. The maximum absolute atomic E-state index is 14.4. The normalized spacial score (nSPS) is 11.1. The number of benzene rings is 2. The lowest BCUT2D eigenvalue weighted by atomic mass is 10.2. The van der Waals surface area contributed by atoms with E-state index >= 15 is 0 Å². The summed E-state index contributed by atoms with van der Waals surface area (Å²) in [6.45, 7) is 1.94. The van der Waals surface area contributed by atoms with Gasteiger partial charge in [0.25, 0.3) is 0 Å². The lowest BCUT2D eigenvalue weighted by molar-refractivity contribution is -0.116. The van der Waals surface area contributed by atoms with E-state index in [1.165, 1.54) is 10.6 Å². The van der Waals surface area contributed by atoms with Crippen molar-refractivity contribution < 1.29 is 13.6 Å². The molecule has 1 amide bonds. The molecule has 0 aliphatic rings. The molecule has 0 unspecified atom stereocenters. The van der Waals surface area contributed by atoms with Gasteiger partial charge in [0.2, 0.25) is 5.91 Å². The number of aromatic nitrogens is 3. The topological polar surface area (TPSA) is 82.1 Å². The molecule has 0 aliphatic heterocycles. The van der Waals surface area contributed by atoms with E-state index in [-0.39, 0.29) is 18.9 Å². The van der Waals surface area contributed by atoms with E-state index in [4.69, 9.17) is 4.42 Å². The zero-order chi connectivity index (χ0) is 19.7. The predicted octanol–water partition coefficient (Wildman–Crippen LogP) is 3.26. The first-order chi connectivity index (χ1) is 13.5.